The van der Waals surface area contributed by atoms with Gasteiger partial charge in [-0.1, -0.05) is 55.8 Å². The number of anilines is 1. The molecule has 0 radical (unpaired) electrons. The van der Waals surface area contributed by atoms with Crippen molar-refractivity contribution in [2.24, 2.45) is 0 Å². The van der Waals surface area contributed by atoms with E-state index < -0.39 is 0 Å². The molecule has 0 unspecified atom stereocenters. The van der Waals surface area contributed by atoms with Gasteiger partial charge in [0.1, 0.15) is 11.3 Å². The van der Waals surface area contributed by atoms with Gasteiger partial charge in [0.25, 0.3) is 5.56 Å². The normalized spacial score (nSPS) is 11.3. The Kier molecular flexibility index (Phi) is 6.02. The molecule has 0 amide bonds. The molecule has 160 valence electrons. The molecule has 4 rings (SSSR count). The third-order valence-corrected chi connectivity index (χ3v) is 5.44. The molecule has 0 aliphatic carbocycles. The van der Waals surface area contributed by atoms with Crippen LogP contribution in [0.3, 0.4) is 0 Å². The van der Waals surface area contributed by atoms with Crippen LogP contribution < -0.4 is 17.0 Å². The van der Waals surface area contributed by atoms with Gasteiger partial charge in [-0.3, -0.25) is 13.9 Å². The third-order valence-electron chi connectivity index (χ3n) is 5.44. The first-order valence-electron chi connectivity index (χ1n) is 10.7. The number of aryl methyl sites for hydroxylation is 2. The molecule has 7 heteroatoms. The van der Waals surface area contributed by atoms with Crippen molar-refractivity contribution in [1.29, 1.82) is 0 Å². The van der Waals surface area contributed by atoms with E-state index >= 15 is 0 Å². The highest BCUT2D eigenvalue weighted by molar-refractivity contribution is 5.70. The Balaban J connectivity index is 1.77. The van der Waals surface area contributed by atoms with Crippen molar-refractivity contribution in [3.05, 3.63) is 92.4 Å². The van der Waals surface area contributed by atoms with Crippen LogP contribution in [0.15, 0.2) is 64.2 Å². The number of aromatic nitrogens is 4. The van der Waals surface area contributed by atoms with Crippen LogP contribution in [-0.4, -0.2) is 19.1 Å². The minimum atomic E-state index is -0.312. The van der Waals surface area contributed by atoms with E-state index in [2.05, 4.69) is 9.97 Å². The van der Waals surface area contributed by atoms with Crippen LogP contribution in [0.2, 0.25) is 0 Å². The van der Waals surface area contributed by atoms with Crippen molar-refractivity contribution >= 4 is 16.9 Å². The molecule has 0 aliphatic heterocycles. The first-order chi connectivity index (χ1) is 15.1. The molecule has 0 atom stereocenters. The van der Waals surface area contributed by atoms with Crippen LogP contribution in [0.25, 0.3) is 11.2 Å². The quantitative estimate of drug-likeness (QED) is 0.430. The number of nitrogens with one attached hydrogen (secondary N) is 1. The Morgan fingerprint density at radius 2 is 1.74 bits per heavy atom. The number of H-pyrrole nitrogens is 1. The van der Waals surface area contributed by atoms with Gasteiger partial charge >= 0.3 is 5.69 Å². The Morgan fingerprint density at radius 3 is 2.48 bits per heavy atom. The summed E-state index contributed by atoms with van der Waals surface area (Å²) < 4.78 is 2.94. The van der Waals surface area contributed by atoms with Crippen molar-refractivity contribution in [2.75, 3.05) is 5.73 Å². The fourth-order valence-corrected chi connectivity index (χ4v) is 3.79. The van der Waals surface area contributed by atoms with Crippen LogP contribution >= 0.6 is 0 Å². The van der Waals surface area contributed by atoms with Crippen molar-refractivity contribution in [3.63, 3.8) is 0 Å². The molecule has 7 nitrogen and oxygen atoms in total. The first-order valence-corrected chi connectivity index (χ1v) is 10.7. The fourth-order valence-electron chi connectivity index (χ4n) is 3.79. The largest absolute Gasteiger partial charge is 0.399 e. The Morgan fingerprint density at radius 1 is 0.968 bits per heavy atom. The average molecular weight is 418 g/mol. The minimum Gasteiger partial charge on any atom is -0.399 e. The summed E-state index contributed by atoms with van der Waals surface area (Å²) in [4.78, 5) is 34.1. The predicted molar refractivity (Wildman–Crippen MR) is 123 cm³/mol. The lowest BCUT2D eigenvalue weighted by molar-refractivity contribution is 0.542. The van der Waals surface area contributed by atoms with Gasteiger partial charge in [0, 0.05) is 25.2 Å². The molecule has 0 spiro atoms. The summed E-state index contributed by atoms with van der Waals surface area (Å²) in [6, 6.07) is 17.5. The predicted octanol–water partition coefficient (Wildman–Crippen LogP) is 3.10. The van der Waals surface area contributed by atoms with E-state index in [0.29, 0.717) is 48.6 Å². The number of rotatable bonds is 8. The van der Waals surface area contributed by atoms with Crippen LogP contribution in [0, 0.1) is 0 Å². The van der Waals surface area contributed by atoms with Gasteiger partial charge in [-0.15, -0.1) is 0 Å². The number of hydrogen-bond acceptors (Lipinski definition) is 4. The monoisotopic (exact) mass is 417 g/mol. The lowest BCUT2D eigenvalue weighted by Gasteiger charge is -2.11. The first kappa shape index (κ1) is 20.7. The molecule has 0 fully saturated rings. The number of imidazole rings is 1. The summed E-state index contributed by atoms with van der Waals surface area (Å²) in [5.41, 5.74) is 8.88. The highest BCUT2D eigenvalue weighted by Crippen LogP contribution is 2.13. The molecule has 2 heterocycles. The zero-order chi connectivity index (χ0) is 21.8. The van der Waals surface area contributed by atoms with Crippen LogP contribution in [-0.2, 0) is 25.9 Å². The summed E-state index contributed by atoms with van der Waals surface area (Å²) in [7, 11) is 0. The molecular weight excluding hydrogens is 390 g/mol. The molecule has 0 bridgehead atoms. The number of nitrogens with zero attached hydrogens (tertiary/aromatic N) is 3. The molecule has 31 heavy (non-hydrogen) atoms. The smallest absolute Gasteiger partial charge is 0.332 e. The second-order valence-corrected chi connectivity index (χ2v) is 7.78. The number of unbranched alkanes of at least 4 members (excludes halogenated alkanes) is 1. The van der Waals surface area contributed by atoms with E-state index in [-0.39, 0.29) is 11.2 Å². The van der Waals surface area contributed by atoms with Gasteiger partial charge in [0.2, 0.25) is 0 Å². The number of aromatic amines is 1. The summed E-state index contributed by atoms with van der Waals surface area (Å²) in [6.45, 7) is 2.85. The van der Waals surface area contributed by atoms with Crippen molar-refractivity contribution in [2.45, 2.75) is 45.7 Å². The van der Waals surface area contributed by atoms with Gasteiger partial charge in [0.15, 0.2) is 5.65 Å². The maximum atomic E-state index is 13.2. The number of nitrogens with two attached hydrogens (primary N) is 1. The van der Waals surface area contributed by atoms with Gasteiger partial charge < -0.3 is 10.7 Å². The lowest BCUT2D eigenvalue weighted by Crippen LogP contribution is -2.40. The maximum Gasteiger partial charge on any atom is 0.332 e. The number of nitrogen functional groups attached to an aromatic ring is 1. The summed E-state index contributed by atoms with van der Waals surface area (Å²) in [5, 5.41) is 0. The topological polar surface area (TPSA) is 98.7 Å². The molecular formula is C24H27N5O2. The molecule has 0 saturated carbocycles. The highest BCUT2D eigenvalue weighted by atomic mass is 16.2. The standard InChI is InChI=1S/C24H27N5O2/c1-2-3-13-29-23(30)21-22(27-20(26-21)16-17-8-5-4-6-9-17)28(24(29)31)14-12-18-10-7-11-19(25)15-18/h4-11,15H,2-3,12-14,16,25H2,1H3,(H,26,27). The van der Waals surface area contributed by atoms with Crippen molar-refractivity contribution in [1.82, 2.24) is 19.1 Å². The molecule has 4 aromatic rings. The number of fused-ring (bicyclic) bond motifs is 1. The fraction of sp³-hybridized carbons (Fsp3) is 0.292. The summed E-state index contributed by atoms with van der Waals surface area (Å²) in [5.74, 6) is 0.670. The van der Waals surface area contributed by atoms with Gasteiger partial charge in [0.05, 0.1) is 0 Å². The van der Waals surface area contributed by atoms with Crippen molar-refractivity contribution < 1.29 is 0 Å². The second kappa shape index (κ2) is 9.04. The molecule has 2 aromatic carbocycles. The van der Waals surface area contributed by atoms with E-state index in [9.17, 15) is 9.59 Å². The van der Waals surface area contributed by atoms with E-state index in [0.717, 1.165) is 24.0 Å². The third kappa shape index (κ3) is 4.45. The summed E-state index contributed by atoms with van der Waals surface area (Å²) in [6.07, 6.45) is 2.84. The van der Waals surface area contributed by atoms with Gasteiger partial charge in [-0.2, -0.15) is 0 Å². The van der Waals surface area contributed by atoms with E-state index in [1.165, 1.54) is 4.57 Å². The number of hydrogen-bond donors (Lipinski definition) is 2. The summed E-state index contributed by atoms with van der Waals surface area (Å²) >= 11 is 0. The van der Waals surface area contributed by atoms with E-state index in [1.807, 2.05) is 61.5 Å². The lowest BCUT2D eigenvalue weighted by atomic mass is 10.1. The van der Waals surface area contributed by atoms with Crippen LogP contribution in [0.4, 0.5) is 5.69 Å². The highest BCUT2D eigenvalue weighted by Gasteiger charge is 2.17. The maximum absolute atomic E-state index is 13.2. The second-order valence-electron chi connectivity index (χ2n) is 7.78. The molecule has 2 aromatic heterocycles. The number of benzene rings is 2. The van der Waals surface area contributed by atoms with E-state index in [4.69, 9.17) is 5.73 Å². The van der Waals surface area contributed by atoms with Crippen LogP contribution in [0.1, 0.15) is 36.7 Å². The molecule has 0 saturated heterocycles. The zero-order valence-corrected chi connectivity index (χ0v) is 17.7. The Bertz CT molecular complexity index is 1300. The van der Waals surface area contributed by atoms with Crippen molar-refractivity contribution in [3.8, 4) is 0 Å². The van der Waals surface area contributed by atoms with Crippen LogP contribution in [0.5, 0.6) is 0 Å². The Labute approximate surface area is 180 Å². The average Bonchev–Trinajstić information content (AvgIpc) is 3.18. The van der Waals surface area contributed by atoms with E-state index in [1.54, 1.807) is 4.57 Å². The minimum absolute atomic E-state index is 0.305. The van der Waals surface area contributed by atoms with Gasteiger partial charge in [-0.25, -0.2) is 9.78 Å². The SMILES string of the molecule is CCCCn1c(=O)c2[nH]c(Cc3ccccc3)nc2n(CCc2cccc(N)c2)c1=O. The van der Waals surface area contributed by atoms with Gasteiger partial charge in [-0.05, 0) is 36.1 Å². The molecule has 3 N–H and O–H groups in total. The molecule has 0 aliphatic rings. The Hall–Kier alpha value is -3.61. The zero-order valence-electron chi connectivity index (χ0n) is 17.7.